The maximum atomic E-state index is 5.38. The van der Waals surface area contributed by atoms with E-state index in [4.69, 9.17) is 4.74 Å². The van der Waals surface area contributed by atoms with E-state index in [9.17, 15) is 0 Å². The molecule has 2 nitrogen and oxygen atoms in total. The molecule has 0 spiro atoms. The second kappa shape index (κ2) is 7.29. The first-order valence-electron chi connectivity index (χ1n) is 6.25. The molecule has 1 N–H and O–H groups in total. The molecule has 90 valence electrons. The number of nitrogens with one attached hydrogen (secondary N) is 1. The first-order valence-corrected chi connectivity index (χ1v) is 6.25. The van der Waals surface area contributed by atoms with Crippen molar-refractivity contribution in [2.24, 2.45) is 0 Å². The molecule has 0 bridgehead atoms. The molecule has 0 aromatic heterocycles. The standard InChI is InChI=1S/C12H17NO.C2H6/c1-14-12-5-3-2-4-11(12)10-6-8-13-9-7-10;1-2/h2-5,10,13H,6-9H2,1H3;1-2H3. The first-order chi connectivity index (χ1) is 7.92. The third-order valence-electron chi connectivity index (χ3n) is 2.92. The third-order valence-corrected chi connectivity index (χ3v) is 2.92. The van der Waals surface area contributed by atoms with Crippen LogP contribution in [0.25, 0.3) is 0 Å². The molecular weight excluding hydrogens is 198 g/mol. The summed E-state index contributed by atoms with van der Waals surface area (Å²) >= 11 is 0. The molecule has 1 aliphatic rings. The average Bonchev–Trinajstić information content (AvgIpc) is 2.42. The van der Waals surface area contributed by atoms with Gasteiger partial charge in [-0.3, -0.25) is 0 Å². The lowest BCUT2D eigenvalue weighted by Gasteiger charge is -2.24. The second-order valence-electron chi connectivity index (χ2n) is 3.77. The van der Waals surface area contributed by atoms with E-state index in [0.29, 0.717) is 5.92 Å². The van der Waals surface area contributed by atoms with Gasteiger partial charge in [-0.1, -0.05) is 32.0 Å². The van der Waals surface area contributed by atoms with Crippen LogP contribution in [-0.4, -0.2) is 20.2 Å². The van der Waals surface area contributed by atoms with E-state index in [0.717, 1.165) is 18.8 Å². The van der Waals surface area contributed by atoms with Gasteiger partial charge in [0.25, 0.3) is 0 Å². The molecule has 16 heavy (non-hydrogen) atoms. The summed E-state index contributed by atoms with van der Waals surface area (Å²) in [7, 11) is 1.75. The van der Waals surface area contributed by atoms with Crippen LogP contribution in [0.5, 0.6) is 5.75 Å². The number of hydrogen-bond acceptors (Lipinski definition) is 2. The zero-order valence-electron chi connectivity index (χ0n) is 10.6. The molecule has 1 saturated heterocycles. The van der Waals surface area contributed by atoms with Crippen molar-refractivity contribution in [3.63, 3.8) is 0 Å². The average molecular weight is 221 g/mol. The molecular formula is C14H23NO. The van der Waals surface area contributed by atoms with Gasteiger partial charge in [-0.05, 0) is 43.5 Å². The predicted octanol–water partition coefficient (Wildman–Crippen LogP) is 3.19. The third kappa shape index (κ3) is 3.24. The lowest BCUT2D eigenvalue weighted by atomic mass is 9.90. The van der Waals surface area contributed by atoms with Crippen LogP contribution >= 0.6 is 0 Å². The van der Waals surface area contributed by atoms with E-state index >= 15 is 0 Å². The SMILES string of the molecule is CC.COc1ccccc1C1CCNCC1. The van der Waals surface area contributed by atoms with Crippen molar-refractivity contribution in [3.05, 3.63) is 29.8 Å². The van der Waals surface area contributed by atoms with E-state index in [1.54, 1.807) is 7.11 Å². The zero-order valence-corrected chi connectivity index (χ0v) is 10.6. The number of para-hydroxylation sites is 1. The number of methoxy groups -OCH3 is 1. The van der Waals surface area contributed by atoms with E-state index in [2.05, 4.69) is 23.5 Å². The number of rotatable bonds is 2. The molecule has 1 fully saturated rings. The maximum absolute atomic E-state index is 5.38. The van der Waals surface area contributed by atoms with Crippen LogP contribution in [0.2, 0.25) is 0 Å². The molecule has 0 unspecified atom stereocenters. The smallest absolute Gasteiger partial charge is 0.122 e. The predicted molar refractivity (Wildman–Crippen MR) is 69.2 cm³/mol. The van der Waals surface area contributed by atoms with Crippen LogP contribution in [0.4, 0.5) is 0 Å². The Hall–Kier alpha value is -1.02. The van der Waals surface area contributed by atoms with E-state index in [1.165, 1.54) is 18.4 Å². The van der Waals surface area contributed by atoms with Crippen molar-refractivity contribution in [2.45, 2.75) is 32.6 Å². The first kappa shape index (κ1) is 13.0. The van der Waals surface area contributed by atoms with E-state index in [-0.39, 0.29) is 0 Å². The van der Waals surface area contributed by atoms with Crippen LogP contribution in [-0.2, 0) is 0 Å². The molecule has 0 saturated carbocycles. The quantitative estimate of drug-likeness (QED) is 0.828. The highest BCUT2D eigenvalue weighted by atomic mass is 16.5. The van der Waals surface area contributed by atoms with Crippen LogP contribution in [0.1, 0.15) is 38.2 Å². The van der Waals surface area contributed by atoms with Crippen LogP contribution in [0.3, 0.4) is 0 Å². The number of ether oxygens (including phenoxy) is 1. The summed E-state index contributed by atoms with van der Waals surface area (Å²) in [5, 5.41) is 3.38. The minimum Gasteiger partial charge on any atom is -0.496 e. The minimum atomic E-state index is 0.674. The Morgan fingerprint density at radius 1 is 1.12 bits per heavy atom. The fraction of sp³-hybridized carbons (Fsp3) is 0.571. The normalized spacial score (nSPS) is 16.2. The summed E-state index contributed by atoms with van der Waals surface area (Å²) in [5.41, 5.74) is 1.37. The highest BCUT2D eigenvalue weighted by Gasteiger charge is 2.17. The molecule has 0 aliphatic carbocycles. The van der Waals surface area contributed by atoms with Gasteiger partial charge < -0.3 is 10.1 Å². The highest BCUT2D eigenvalue weighted by Crippen LogP contribution is 2.31. The van der Waals surface area contributed by atoms with Gasteiger partial charge in [0.1, 0.15) is 5.75 Å². The molecule has 2 heteroatoms. The number of piperidine rings is 1. The minimum absolute atomic E-state index is 0.674. The lowest BCUT2D eigenvalue weighted by molar-refractivity contribution is 0.391. The summed E-state index contributed by atoms with van der Waals surface area (Å²) in [5.74, 6) is 1.71. The lowest BCUT2D eigenvalue weighted by Crippen LogP contribution is -2.26. The Morgan fingerprint density at radius 2 is 1.75 bits per heavy atom. The largest absolute Gasteiger partial charge is 0.496 e. The van der Waals surface area contributed by atoms with Gasteiger partial charge in [0.05, 0.1) is 7.11 Å². The fourth-order valence-electron chi connectivity index (χ4n) is 2.14. The van der Waals surface area contributed by atoms with E-state index < -0.39 is 0 Å². The molecule has 2 rings (SSSR count). The fourth-order valence-corrected chi connectivity index (χ4v) is 2.14. The van der Waals surface area contributed by atoms with Crippen molar-refractivity contribution < 1.29 is 4.74 Å². The zero-order chi connectivity index (χ0) is 11.8. The molecule has 1 aromatic carbocycles. The van der Waals surface area contributed by atoms with Gasteiger partial charge >= 0.3 is 0 Å². The number of hydrogen-bond donors (Lipinski definition) is 1. The van der Waals surface area contributed by atoms with Gasteiger partial charge in [-0.2, -0.15) is 0 Å². The van der Waals surface area contributed by atoms with Gasteiger partial charge in [-0.25, -0.2) is 0 Å². The molecule has 1 heterocycles. The van der Waals surface area contributed by atoms with Crippen molar-refractivity contribution in [1.29, 1.82) is 0 Å². The van der Waals surface area contributed by atoms with Crippen LogP contribution in [0, 0.1) is 0 Å². The molecule has 0 radical (unpaired) electrons. The molecule has 1 aromatic rings. The highest BCUT2D eigenvalue weighted by molar-refractivity contribution is 5.36. The Labute approximate surface area is 99.0 Å². The van der Waals surface area contributed by atoms with Crippen LogP contribution < -0.4 is 10.1 Å². The second-order valence-corrected chi connectivity index (χ2v) is 3.77. The molecule has 0 amide bonds. The van der Waals surface area contributed by atoms with Gasteiger partial charge in [0.15, 0.2) is 0 Å². The Morgan fingerprint density at radius 3 is 2.38 bits per heavy atom. The summed E-state index contributed by atoms with van der Waals surface area (Å²) in [6, 6.07) is 8.37. The summed E-state index contributed by atoms with van der Waals surface area (Å²) in [6.45, 7) is 6.26. The Kier molecular flexibility index (Phi) is 5.94. The Balaban J connectivity index is 0.000000606. The van der Waals surface area contributed by atoms with Gasteiger partial charge in [0, 0.05) is 0 Å². The number of benzene rings is 1. The van der Waals surface area contributed by atoms with Crippen LogP contribution in [0.15, 0.2) is 24.3 Å². The van der Waals surface area contributed by atoms with E-state index in [1.807, 2.05) is 19.9 Å². The van der Waals surface area contributed by atoms with Gasteiger partial charge in [0.2, 0.25) is 0 Å². The van der Waals surface area contributed by atoms with Crippen molar-refractivity contribution in [3.8, 4) is 5.75 Å². The molecule has 0 atom stereocenters. The summed E-state index contributed by atoms with van der Waals surface area (Å²) in [4.78, 5) is 0. The topological polar surface area (TPSA) is 21.3 Å². The van der Waals surface area contributed by atoms with Gasteiger partial charge in [-0.15, -0.1) is 0 Å². The van der Waals surface area contributed by atoms with Crippen molar-refractivity contribution in [1.82, 2.24) is 5.32 Å². The monoisotopic (exact) mass is 221 g/mol. The van der Waals surface area contributed by atoms with Crippen molar-refractivity contribution in [2.75, 3.05) is 20.2 Å². The Bertz CT molecular complexity index is 293. The van der Waals surface area contributed by atoms with Crippen molar-refractivity contribution >= 4 is 0 Å². The maximum Gasteiger partial charge on any atom is 0.122 e. The molecule has 1 aliphatic heterocycles. The summed E-state index contributed by atoms with van der Waals surface area (Å²) < 4.78 is 5.38. The summed E-state index contributed by atoms with van der Waals surface area (Å²) in [6.07, 6.45) is 2.45.